The fraction of sp³-hybridized carbons (Fsp3) is 0.552. The lowest BCUT2D eigenvalue weighted by Gasteiger charge is -2.29. The average molecular weight is 522 g/mol. The van der Waals surface area contributed by atoms with Crippen molar-refractivity contribution in [2.75, 3.05) is 13.2 Å². The second-order valence-electron chi connectivity index (χ2n) is 10.7. The van der Waals surface area contributed by atoms with Gasteiger partial charge in [-0.15, -0.1) is 0 Å². The smallest absolute Gasteiger partial charge is 0.409 e. The molecule has 1 saturated heterocycles. The van der Waals surface area contributed by atoms with Crippen LogP contribution < -0.4 is 15.4 Å². The zero-order valence-corrected chi connectivity index (χ0v) is 22.6. The average Bonchev–Trinajstić information content (AvgIpc) is 3.47. The molecule has 1 aliphatic carbocycles. The molecule has 3 aromatic rings. The lowest BCUT2D eigenvalue weighted by molar-refractivity contribution is 0.00981. The van der Waals surface area contributed by atoms with Crippen molar-refractivity contribution in [2.24, 2.45) is 5.92 Å². The van der Waals surface area contributed by atoms with Gasteiger partial charge in [0.15, 0.2) is 11.9 Å². The van der Waals surface area contributed by atoms with E-state index >= 15 is 0 Å². The van der Waals surface area contributed by atoms with Crippen LogP contribution in [0.2, 0.25) is 0 Å². The van der Waals surface area contributed by atoms with Gasteiger partial charge in [0.05, 0.1) is 12.3 Å². The summed E-state index contributed by atoms with van der Waals surface area (Å²) in [6.45, 7) is 7.57. The van der Waals surface area contributed by atoms with E-state index in [1.807, 2.05) is 23.6 Å². The number of aliphatic hydroxyl groups excluding tert-OH is 1. The first-order valence-corrected chi connectivity index (χ1v) is 13.8. The maximum atomic E-state index is 12.1. The summed E-state index contributed by atoms with van der Waals surface area (Å²) in [5.74, 6) is 1.34. The van der Waals surface area contributed by atoms with Crippen molar-refractivity contribution >= 4 is 11.7 Å². The van der Waals surface area contributed by atoms with Gasteiger partial charge in [-0.05, 0) is 82.1 Å². The lowest BCUT2D eigenvalue weighted by atomic mass is 9.86. The minimum Gasteiger partial charge on any atom is -0.493 e. The second-order valence-corrected chi connectivity index (χ2v) is 10.7. The minimum atomic E-state index is -0.631. The van der Waals surface area contributed by atoms with Gasteiger partial charge in [-0.25, -0.2) is 14.3 Å². The van der Waals surface area contributed by atoms with Crippen molar-refractivity contribution in [3.05, 3.63) is 58.5 Å². The first-order chi connectivity index (χ1) is 18.4. The molecule has 2 aromatic heterocycles. The molecule has 9 nitrogen and oxygen atoms in total. The van der Waals surface area contributed by atoms with Gasteiger partial charge < -0.3 is 19.9 Å². The Hall–Kier alpha value is -3.17. The van der Waals surface area contributed by atoms with Crippen LogP contribution in [-0.4, -0.2) is 57.3 Å². The summed E-state index contributed by atoms with van der Waals surface area (Å²) in [6.07, 6.45) is 4.35. The fourth-order valence-corrected chi connectivity index (χ4v) is 5.57. The van der Waals surface area contributed by atoms with Gasteiger partial charge >= 0.3 is 6.09 Å². The number of aliphatic hydroxyl groups is 1. The molecule has 5 rings (SSSR count). The highest BCUT2D eigenvalue weighted by Crippen LogP contribution is 2.27. The van der Waals surface area contributed by atoms with E-state index in [0.717, 1.165) is 67.0 Å². The van der Waals surface area contributed by atoms with Crippen molar-refractivity contribution in [3.8, 4) is 5.75 Å². The van der Waals surface area contributed by atoms with E-state index < -0.39 is 18.4 Å². The number of alkyl carbamates (subject to hydrolysis) is 1. The van der Waals surface area contributed by atoms with E-state index in [4.69, 9.17) is 19.6 Å². The third kappa shape index (κ3) is 6.10. The molecule has 9 heteroatoms. The highest BCUT2D eigenvalue weighted by molar-refractivity contribution is 5.67. The monoisotopic (exact) mass is 521 g/mol. The fourth-order valence-electron chi connectivity index (χ4n) is 5.57. The summed E-state index contributed by atoms with van der Waals surface area (Å²) in [6, 6.07) is 10.5. The Morgan fingerprint density at radius 3 is 2.61 bits per heavy atom. The van der Waals surface area contributed by atoms with Crippen LogP contribution in [0.5, 0.6) is 5.75 Å². The van der Waals surface area contributed by atoms with Crippen molar-refractivity contribution in [2.45, 2.75) is 84.1 Å². The number of nitrogens with one attached hydrogen (secondary N) is 2. The number of hydrogen-bond acceptors (Lipinski definition) is 7. The number of benzene rings is 1. The summed E-state index contributed by atoms with van der Waals surface area (Å²) in [4.78, 5) is 16.9. The Kier molecular flexibility index (Phi) is 8.14. The molecule has 204 valence electrons. The quantitative estimate of drug-likeness (QED) is 0.413. The molecule has 38 heavy (non-hydrogen) atoms. The maximum Gasteiger partial charge on any atom is 0.409 e. The standard InChI is InChI=1S/C29H39N5O4/c1-4-25-24(27-31-18(2)15-19(3)34(27)33-25)16-20-7-11-23(12-8-20)37-17-21-5-9-22(10-6-21)32-29(36)38-28-26(35)13-14-30-28/h7-8,11-12,15,21-22,26,28,30,35H,4-6,9-10,13-14,16-17H2,1-3H3,(H,32,36)/t21?,22?,26-,28+/m1/s1. The zero-order valence-electron chi connectivity index (χ0n) is 22.6. The Bertz CT molecular complexity index is 1250. The first kappa shape index (κ1) is 26.4. The molecule has 0 radical (unpaired) electrons. The number of hydrogen-bond donors (Lipinski definition) is 3. The van der Waals surface area contributed by atoms with Crippen LogP contribution in [0.4, 0.5) is 4.79 Å². The molecule has 1 saturated carbocycles. The van der Waals surface area contributed by atoms with Gasteiger partial charge in [0.2, 0.25) is 0 Å². The predicted molar refractivity (Wildman–Crippen MR) is 144 cm³/mol. The molecule has 3 heterocycles. The first-order valence-electron chi connectivity index (χ1n) is 13.8. The van der Waals surface area contributed by atoms with E-state index in [-0.39, 0.29) is 6.04 Å². The topological polar surface area (TPSA) is 110 Å². The van der Waals surface area contributed by atoms with Crippen LogP contribution >= 0.6 is 0 Å². The highest BCUT2D eigenvalue weighted by Gasteiger charge is 2.29. The molecule has 3 N–H and O–H groups in total. The van der Waals surface area contributed by atoms with Crippen LogP contribution in [-0.2, 0) is 17.6 Å². The number of carbonyl (C=O) groups excluding carboxylic acids is 1. The van der Waals surface area contributed by atoms with Gasteiger partial charge in [0.1, 0.15) is 11.9 Å². The third-order valence-corrected chi connectivity index (χ3v) is 7.74. The number of aromatic nitrogens is 3. The molecule has 1 amide bonds. The molecule has 0 bridgehead atoms. The van der Waals surface area contributed by atoms with E-state index in [9.17, 15) is 9.90 Å². The maximum absolute atomic E-state index is 12.1. The summed E-state index contributed by atoms with van der Waals surface area (Å²) in [7, 11) is 0. The van der Waals surface area contributed by atoms with Gasteiger partial charge in [0.25, 0.3) is 0 Å². The Labute approximate surface area is 223 Å². The van der Waals surface area contributed by atoms with Crippen LogP contribution in [0.25, 0.3) is 5.65 Å². The van der Waals surface area contributed by atoms with Crippen LogP contribution in [0.3, 0.4) is 0 Å². The van der Waals surface area contributed by atoms with E-state index in [1.165, 1.54) is 11.1 Å². The molecular formula is C29H39N5O4. The van der Waals surface area contributed by atoms with Crippen LogP contribution in [0.15, 0.2) is 30.3 Å². The Balaban J connectivity index is 1.09. The predicted octanol–water partition coefficient (Wildman–Crippen LogP) is 3.84. The minimum absolute atomic E-state index is 0.103. The van der Waals surface area contributed by atoms with Crippen molar-refractivity contribution in [1.29, 1.82) is 0 Å². The number of ether oxygens (including phenoxy) is 2. The molecule has 2 fully saturated rings. The number of nitrogens with zero attached hydrogens (tertiary/aromatic N) is 3. The van der Waals surface area contributed by atoms with Crippen LogP contribution in [0, 0.1) is 19.8 Å². The molecular weight excluding hydrogens is 482 g/mol. The summed E-state index contributed by atoms with van der Waals surface area (Å²) in [5.41, 5.74) is 6.56. The summed E-state index contributed by atoms with van der Waals surface area (Å²) < 4.78 is 13.4. The van der Waals surface area contributed by atoms with Gasteiger partial charge in [-0.2, -0.15) is 5.10 Å². The summed E-state index contributed by atoms with van der Waals surface area (Å²) >= 11 is 0. The largest absolute Gasteiger partial charge is 0.493 e. The molecule has 1 aliphatic heterocycles. The third-order valence-electron chi connectivity index (χ3n) is 7.74. The zero-order chi connectivity index (χ0) is 26.6. The Morgan fingerprint density at radius 2 is 1.92 bits per heavy atom. The van der Waals surface area contributed by atoms with Crippen LogP contribution in [0.1, 0.15) is 67.2 Å². The van der Waals surface area contributed by atoms with Crippen molar-refractivity contribution in [3.63, 3.8) is 0 Å². The second kappa shape index (κ2) is 11.7. The molecule has 1 aromatic carbocycles. The number of aryl methyl sites for hydroxylation is 3. The van der Waals surface area contributed by atoms with E-state index in [1.54, 1.807) is 0 Å². The lowest BCUT2D eigenvalue weighted by Crippen LogP contribution is -2.43. The van der Waals surface area contributed by atoms with Gasteiger partial charge in [-0.1, -0.05) is 19.1 Å². The SMILES string of the molecule is CCc1nn2c(C)cc(C)nc2c1Cc1ccc(OCC2CCC(NC(=O)O[C@@H]3NCC[C@H]3O)CC2)cc1. The summed E-state index contributed by atoms with van der Waals surface area (Å²) in [5, 5.41) is 20.5. The number of rotatable bonds is 8. The van der Waals surface area contributed by atoms with Gasteiger partial charge in [-0.3, -0.25) is 5.32 Å². The van der Waals surface area contributed by atoms with E-state index in [0.29, 0.717) is 25.5 Å². The normalized spacial score (nSPS) is 23.5. The Morgan fingerprint density at radius 1 is 1.16 bits per heavy atom. The number of carbonyl (C=O) groups is 1. The number of fused-ring (bicyclic) bond motifs is 1. The van der Waals surface area contributed by atoms with Crippen molar-refractivity contribution < 1.29 is 19.4 Å². The van der Waals surface area contributed by atoms with Crippen molar-refractivity contribution in [1.82, 2.24) is 25.2 Å². The molecule has 2 aliphatic rings. The molecule has 0 unspecified atom stereocenters. The number of amides is 1. The van der Waals surface area contributed by atoms with E-state index in [2.05, 4.69) is 42.7 Å². The molecule has 2 atom stereocenters. The highest BCUT2D eigenvalue weighted by atomic mass is 16.6. The molecule has 0 spiro atoms. The van der Waals surface area contributed by atoms with Gasteiger partial charge in [0, 0.05) is 36.0 Å².